The van der Waals surface area contributed by atoms with Crippen LogP contribution in [0.4, 0.5) is 9.59 Å². The van der Waals surface area contributed by atoms with Crippen molar-refractivity contribution >= 4 is 35.6 Å². The lowest BCUT2D eigenvalue weighted by Crippen LogP contribution is -2.55. The zero-order valence-corrected chi connectivity index (χ0v) is 44.4. The molecule has 20 nitrogen and oxygen atoms in total. The van der Waals surface area contributed by atoms with Crippen LogP contribution in [0, 0.1) is 0 Å². The quantitative estimate of drug-likeness (QED) is 0.0849. The van der Waals surface area contributed by atoms with E-state index in [4.69, 9.17) is 47.4 Å². The summed E-state index contributed by atoms with van der Waals surface area (Å²) in [5.74, 6) is -3.17. The SMILES string of the molecule is COCC1C(OC)C(OC)C(COC)N1C(=O)C(=O)C(Cc1ccccc1)NC(=O)OCc1ccccc1.COCC1C(OC)C(OC)C(COC)N1C(=O)C(=O)C(Cc1ccccc1)NC(=O)OCc1ccccc1. The van der Waals surface area contributed by atoms with Gasteiger partial charge in [0.05, 0.1) is 50.6 Å². The number of rotatable bonds is 26. The highest BCUT2D eigenvalue weighted by atomic mass is 16.6. The maximum atomic E-state index is 13.8. The van der Waals surface area contributed by atoms with Gasteiger partial charge in [-0.15, -0.1) is 0 Å². The van der Waals surface area contributed by atoms with Gasteiger partial charge in [-0.3, -0.25) is 19.2 Å². The highest BCUT2D eigenvalue weighted by Gasteiger charge is 2.55. The minimum Gasteiger partial charge on any atom is -0.445 e. The molecule has 0 bridgehead atoms. The lowest BCUT2D eigenvalue weighted by molar-refractivity contribution is -0.150. The van der Waals surface area contributed by atoms with Crippen LogP contribution in [-0.2, 0) is 92.6 Å². The van der Waals surface area contributed by atoms with Gasteiger partial charge in [-0.1, -0.05) is 121 Å². The van der Waals surface area contributed by atoms with Crippen molar-refractivity contribution in [3.8, 4) is 0 Å². The van der Waals surface area contributed by atoms with E-state index in [1.807, 2.05) is 121 Å². The van der Waals surface area contributed by atoms with Crippen LogP contribution >= 0.6 is 0 Å². The molecule has 10 unspecified atom stereocenters. The molecule has 0 radical (unpaired) electrons. The molecular formula is C56H72N4O16. The van der Waals surface area contributed by atoms with E-state index in [1.165, 1.54) is 66.7 Å². The first-order valence-corrected chi connectivity index (χ1v) is 24.7. The predicted molar refractivity (Wildman–Crippen MR) is 277 cm³/mol. The number of benzene rings is 4. The summed E-state index contributed by atoms with van der Waals surface area (Å²) in [6.07, 6.45) is -3.59. The number of nitrogens with one attached hydrogen (secondary N) is 2. The molecule has 0 saturated carbocycles. The summed E-state index contributed by atoms with van der Waals surface area (Å²) in [5.41, 5.74) is 3.13. The van der Waals surface area contributed by atoms with E-state index < -0.39 is 96.2 Å². The highest BCUT2D eigenvalue weighted by Crippen LogP contribution is 2.32. The van der Waals surface area contributed by atoms with Gasteiger partial charge in [-0.05, 0) is 22.3 Å². The van der Waals surface area contributed by atoms with Crippen molar-refractivity contribution in [2.75, 3.05) is 83.3 Å². The van der Waals surface area contributed by atoms with Crippen molar-refractivity contribution in [2.45, 2.75) is 86.7 Å². The Morgan fingerprint density at radius 1 is 0.395 bits per heavy atom. The van der Waals surface area contributed by atoms with Gasteiger partial charge in [0.15, 0.2) is 0 Å². The fraction of sp³-hybridized carbons (Fsp3) is 0.464. The second-order valence-corrected chi connectivity index (χ2v) is 17.9. The van der Waals surface area contributed by atoms with Gasteiger partial charge in [-0.25, -0.2) is 9.59 Å². The van der Waals surface area contributed by atoms with Gasteiger partial charge in [-0.2, -0.15) is 0 Å². The lowest BCUT2D eigenvalue weighted by Gasteiger charge is -2.31. The molecule has 2 fully saturated rings. The van der Waals surface area contributed by atoms with Crippen LogP contribution in [0.3, 0.4) is 0 Å². The number of Topliss-reactive ketones (excluding diaryl/α,β-unsaturated/α-hetero) is 2. The number of likely N-dealkylation sites (tertiary alicyclic amines) is 2. The van der Waals surface area contributed by atoms with E-state index in [1.54, 1.807) is 0 Å². The maximum absolute atomic E-state index is 13.8. The molecule has 4 aromatic carbocycles. The van der Waals surface area contributed by atoms with Gasteiger partial charge in [0, 0.05) is 69.7 Å². The standard InChI is InChI=1S/2C28H36N2O8/c2*1-34-17-22-25(36-3)26(37-4)23(18-35-2)30(22)27(32)24(31)21(15-19-11-7-5-8-12-19)29-28(33)38-16-20-13-9-6-10-14-20/h2*5-14,21-23,25-26H,15-18H2,1-4H3,(H,29,33). The van der Waals surface area contributed by atoms with Crippen LogP contribution in [0.2, 0.25) is 0 Å². The highest BCUT2D eigenvalue weighted by molar-refractivity contribution is 6.39. The number of ketones is 2. The molecule has 2 heterocycles. The lowest BCUT2D eigenvalue weighted by atomic mass is 10.0. The number of ether oxygens (including phenoxy) is 10. The Balaban J connectivity index is 0.000000281. The van der Waals surface area contributed by atoms with Gasteiger partial charge in [0.25, 0.3) is 11.8 Å². The summed E-state index contributed by atoms with van der Waals surface area (Å²) in [6.45, 7) is 0.522. The normalized spacial score (nSPS) is 21.6. The molecule has 4 amide bonds. The molecule has 20 heteroatoms. The van der Waals surface area contributed by atoms with Gasteiger partial charge in [0.1, 0.15) is 49.7 Å². The summed E-state index contributed by atoms with van der Waals surface area (Å²) in [6, 6.07) is 31.9. The zero-order chi connectivity index (χ0) is 55.0. The van der Waals surface area contributed by atoms with Gasteiger partial charge < -0.3 is 67.8 Å². The molecule has 76 heavy (non-hydrogen) atoms. The number of amides is 4. The van der Waals surface area contributed by atoms with Crippen molar-refractivity contribution in [2.24, 2.45) is 0 Å². The molecule has 2 N–H and O–H groups in total. The summed E-state index contributed by atoms with van der Waals surface area (Å²) in [5, 5.41) is 5.20. The van der Waals surface area contributed by atoms with Crippen molar-refractivity contribution < 1.29 is 76.1 Å². The average Bonchev–Trinajstić information content (AvgIpc) is 3.92. The van der Waals surface area contributed by atoms with E-state index in [0.717, 1.165) is 22.3 Å². The average molecular weight is 1060 g/mol. The van der Waals surface area contributed by atoms with Crippen molar-refractivity contribution in [3.05, 3.63) is 144 Å². The Morgan fingerprint density at radius 3 is 0.882 bits per heavy atom. The van der Waals surface area contributed by atoms with E-state index in [0.29, 0.717) is 0 Å². The Labute approximate surface area is 444 Å². The van der Waals surface area contributed by atoms with Crippen LogP contribution < -0.4 is 10.6 Å². The van der Waals surface area contributed by atoms with E-state index >= 15 is 0 Å². The number of carbonyl (C=O) groups excluding carboxylic acids is 6. The number of hydrogen-bond acceptors (Lipinski definition) is 16. The molecule has 412 valence electrons. The smallest absolute Gasteiger partial charge is 0.408 e. The molecular weight excluding hydrogens is 985 g/mol. The van der Waals surface area contributed by atoms with Crippen LogP contribution in [0.1, 0.15) is 22.3 Å². The predicted octanol–water partition coefficient (Wildman–Crippen LogP) is 3.99. The number of methoxy groups -OCH3 is 8. The third-order valence-corrected chi connectivity index (χ3v) is 13.1. The summed E-state index contributed by atoms with van der Waals surface area (Å²) < 4.78 is 54.7. The molecule has 2 aliphatic rings. The number of nitrogens with zero attached hydrogens (tertiary/aromatic N) is 2. The Bertz CT molecular complexity index is 2200. The number of carbonyl (C=O) groups is 6. The van der Waals surface area contributed by atoms with Crippen LogP contribution in [0.25, 0.3) is 0 Å². The molecule has 0 aliphatic carbocycles. The third-order valence-electron chi connectivity index (χ3n) is 13.1. The van der Waals surface area contributed by atoms with Gasteiger partial charge >= 0.3 is 12.2 Å². The molecule has 0 spiro atoms. The number of hydrogen-bond donors (Lipinski definition) is 2. The molecule has 2 saturated heterocycles. The van der Waals surface area contributed by atoms with Crippen molar-refractivity contribution in [3.63, 3.8) is 0 Å². The van der Waals surface area contributed by atoms with Crippen LogP contribution in [-0.4, -0.2) is 189 Å². The second kappa shape index (κ2) is 31.4. The third kappa shape index (κ3) is 16.2. The Hall–Kier alpha value is -6.62. The fourth-order valence-corrected chi connectivity index (χ4v) is 9.64. The minimum absolute atomic E-state index is 0.0237. The molecule has 0 aromatic heterocycles. The van der Waals surface area contributed by atoms with E-state index in [9.17, 15) is 28.8 Å². The maximum Gasteiger partial charge on any atom is 0.408 e. The first-order chi connectivity index (χ1) is 36.9. The monoisotopic (exact) mass is 1060 g/mol. The fourth-order valence-electron chi connectivity index (χ4n) is 9.64. The second-order valence-electron chi connectivity index (χ2n) is 17.9. The van der Waals surface area contributed by atoms with Crippen LogP contribution in [0.15, 0.2) is 121 Å². The zero-order valence-electron chi connectivity index (χ0n) is 44.4. The molecule has 10 atom stereocenters. The Kier molecular flexibility index (Phi) is 24.9. The first-order valence-electron chi connectivity index (χ1n) is 24.7. The summed E-state index contributed by atoms with van der Waals surface area (Å²) >= 11 is 0. The first kappa shape index (κ1) is 60.2. The largest absolute Gasteiger partial charge is 0.445 e. The van der Waals surface area contributed by atoms with Crippen molar-refractivity contribution in [1.29, 1.82) is 0 Å². The number of alkyl carbamates (subject to hydrolysis) is 2. The van der Waals surface area contributed by atoms with Crippen LogP contribution in [0.5, 0.6) is 0 Å². The van der Waals surface area contributed by atoms with Gasteiger partial charge in [0.2, 0.25) is 11.6 Å². The Morgan fingerprint density at radius 2 is 0.645 bits per heavy atom. The summed E-state index contributed by atoms with van der Waals surface area (Å²) in [7, 11) is 12.1. The molecule has 2 aliphatic heterocycles. The molecule has 4 aromatic rings. The van der Waals surface area contributed by atoms with Crippen molar-refractivity contribution in [1.82, 2.24) is 20.4 Å². The molecule has 6 rings (SSSR count). The van der Waals surface area contributed by atoms with E-state index in [2.05, 4.69) is 10.6 Å². The summed E-state index contributed by atoms with van der Waals surface area (Å²) in [4.78, 5) is 83.2. The van der Waals surface area contributed by atoms with E-state index in [-0.39, 0.29) is 52.5 Å². The topological polar surface area (TPSA) is 225 Å². The minimum atomic E-state index is -1.16.